The molecule has 0 aliphatic carbocycles. The first-order valence-electron chi connectivity index (χ1n) is 5.99. The van der Waals surface area contributed by atoms with Crippen LogP contribution < -0.4 is 5.73 Å². The average molecular weight is 313 g/mol. The van der Waals surface area contributed by atoms with Crippen molar-refractivity contribution < 1.29 is 0 Å². The monoisotopic (exact) mass is 312 g/mol. The lowest BCUT2D eigenvalue weighted by Crippen LogP contribution is -2.11. The summed E-state index contributed by atoms with van der Waals surface area (Å²) < 4.78 is 0. The summed E-state index contributed by atoms with van der Waals surface area (Å²) in [5.41, 5.74) is 7.59. The van der Waals surface area contributed by atoms with Crippen LogP contribution in [0.25, 0.3) is 0 Å². The first-order valence-corrected chi connectivity index (χ1v) is 8.23. The fraction of sp³-hybridized carbons (Fsp3) is 0.357. The lowest BCUT2D eigenvalue weighted by Gasteiger charge is -2.14. The molecule has 19 heavy (non-hydrogen) atoms. The molecule has 2 aromatic rings. The van der Waals surface area contributed by atoms with Crippen molar-refractivity contribution >= 4 is 40.4 Å². The Morgan fingerprint density at radius 3 is 2.68 bits per heavy atom. The van der Waals surface area contributed by atoms with Crippen LogP contribution in [0, 0.1) is 0 Å². The smallest absolute Gasteiger partial charge is 0.103 e. The summed E-state index contributed by atoms with van der Waals surface area (Å²) in [6.07, 6.45) is 0. The molecule has 0 bridgehead atoms. The van der Waals surface area contributed by atoms with Crippen molar-refractivity contribution in [2.24, 2.45) is 0 Å². The van der Waals surface area contributed by atoms with Crippen molar-refractivity contribution in [3.63, 3.8) is 0 Å². The molecule has 0 fully saturated rings. The van der Waals surface area contributed by atoms with Crippen LogP contribution in [-0.4, -0.2) is 4.98 Å². The maximum absolute atomic E-state index is 6.01. The summed E-state index contributed by atoms with van der Waals surface area (Å²) in [5.74, 6) is 0.862. The van der Waals surface area contributed by atoms with Crippen LogP contribution in [0.4, 0.5) is 5.69 Å². The molecule has 0 atom stereocenters. The zero-order valence-corrected chi connectivity index (χ0v) is 13.6. The Balaban J connectivity index is 2.02. The minimum absolute atomic E-state index is 0.115. The van der Waals surface area contributed by atoms with E-state index in [4.69, 9.17) is 17.3 Å². The molecule has 2 N–H and O–H groups in total. The van der Waals surface area contributed by atoms with Crippen LogP contribution in [0.2, 0.25) is 5.02 Å². The number of nitrogens with two attached hydrogens (primary N) is 1. The molecule has 1 heterocycles. The van der Waals surface area contributed by atoms with Gasteiger partial charge in [-0.15, -0.1) is 23.1 Å². The second-order valence-corrected chi connectivity index (χ2v) is 7.75. The van der Waals surface area contributed by atoms with E-state index in [-0.39, 0.29) is 5.41 Å². The number of thiazole rings is 1. The number of halogens is 1. The van der Waals surface area contributed by atoms with Crippen LogP contribution in [-0.2, 0) is 11.2 Å². The fourth-order valence-electron chi connectivity index (χ4n) is 1.46. The van der Waals surface area contributed by atoms with E-state index in [1.54, 1.807) is 23.1 Å². The quantitative estimate of drug-likeness (QED) is 0.642. The molecule has 0 radical (unpaired) electrons. The summed E-state index contributed by atoms with van der Waals surface area (Å²) in [6, 6.07) is 5.73. The van der Waals surface area contributed by atoms with Gasteiger partial charge in [0.05, 0.1) is 22.2 Å². The maximum Gasteiger partial charge on any atom is 0.103 e. The second-order valence-electron chi connectivity index (χ2n) is 5.35. The lowest BCUT2D eigenvalue weighted by atomic mass is 9.93. The molecule has 0 aliphatic heterocycles. The van der Waals surface area contributed by atoms with Gasteiger partial charge in [-0.3, -0.25) is 0 Å². The van der Waals surface area contributed by atoms with E-state index in [0.29, 0.717) is 10.7 Å². The third-order valence-electron chi connectivity index (χ3n) is 2.65. The van der Waals surface area contributed by atoms with Gasteiger partial charge in [-0.1, -0.05) is 32.4 Å². The first-order chi connectivity index (χ1) is 8.86. The first kappa shape index (κ1) is 14.7. The van der Waals surface area contributed by atoms with Gasteiger partial charge in [0.2, 0.25) is 0 Å². The van der Waals surface area contributed by atoms with Gasteiger partial charge in [0, 0.05) is 15.7 Å². The van der Waals surface area contributed by atoms with E-state index in [1.165, 1.54) is 0 Å². The number of hydrogen-bond donors (Lipinski definition) is 1. The fourth-order valence-corrected chi connectivity index (χ4v) is 3.68. The number of nitrogens with zero attached hydrogens (tertiary/aromatic N) is 1. The van der Waals surface area contributed by atoms with E-state index in [0.717, 1.165) is 21.3 Å². The molecule has 0 saturated carbocycles. The molecule has 2 rings (SSSR count). The molecule has 0 unspecified atom stereocenters. The number of anilines is 1. The SMILES string of the molecule is CC(C)(C)c1csc(CSc2ccc(N)c(Cl)c2)n1. The highest BCUT2D eigenvalue weighted by Gasteiger charge is 2.17. The highest BCUT2D eigenvalue weighted by molar-refractivity contribution is 7.98. The number of hydrogen-bond acceptors (Lipinski definition) is 4. The summed E-state index contributed by atoms with van der Waals surface area (Å²) in [7, 11) is 0. The summed E-state index contributed by atoms with van der Waals surface area (Å²) in [4.78, 5) is 5.79. The van der Waals surface area contributed by atoms with Gasteiger partial charge < -0.3 is 5.73 Å². The molecule has 1 aromatic carbocycles. The third kappa shape index (κ3) is 3.88. The lowest BCUT2D eigenvalue weighted by molar-refractivity contribution is 0.572. The summed E-state index contributed by atoms with van der Waals surface area (Å²) >= 11 is 9.45. The van der Waals surface area contributed by atoms with E-state index in [9.17, 15) is 0 Å². The Hall–Kier alpha value is -0.710. The molecule has 1 aromatic heterocycles. The number of rotatable bonds is 3. The Morgan fingerprint density at radius 2 is 2.11 bits per heavy atom. The Morgan fingerprint density at radius 1 is 1.37 bits per heavy atom. The number of nitrogen functional groups attached to an aromatic ring is 1. The van der Waals surface area contributed by atoms with E-state index >= 15 is 0 Å². The average Bonchev–Trinajstić information content (AvgIpc) is 2.79. The van der Waals surface area contributed by atoms with Crippen LogP contribution >= 0.6 is 34.7 Å². The van der Waals surface area contributed by atoms with Crippen LogP contribution in [0.1, 0.15) is 31.5 Å². The largest absolute Gasteiger partial charge is 0.398 e. The Bertz CT molecular complexity index is 573. The van der Waals surface area contributed by atoms with E-state index in [2.05, 4.69) is 31.1 Å². The van der Waals surface area contributed by atoms with Crippen molar-refractivity contribution in [1.29, 1.82) is 0 Å². The number of aromatic nitrogens is 1. The van der Waals surface area contributed by atoms with Gasteiger partial charge in [0.1, 0.15) is 5.01 Å². The predicted molar refractivity (Wildman–Crippen MR) is 86.2 cm³/mol. The second kappa shape index (κ2) is 5.73. The highest BCUT2D eigenvalue weighted by Crippen LogP contribution is 2.31. The Labute approximate surface area is 127 Å². The van der Waals surface area contributed by atoms with Crippen LogP contribution in [0.15, 0.2) is 28.5 Å². The van der Waals surface area contributed by atoms with E-state index in [1.807, 2.05) is 18.2 Å². The van der Waals surface area contributed by atoms with Gasteiger partial charge in [0.15, 0.2) is 0 Å². The van der Waals surface area contributed by atoms with Crippen molar-refractivity contribution in [3.05, 3.63) is 39.3 Å². The van der Waals surface area contributed by atoms with Gasteiger partial charge in [-0.2, -0.15) is 0 Å². The van der Waals surface area contributed by atoms with Crippen molar-refractivity contribution in [2.75, 3.05) is 5.73 Å². The standard InChI is InChI=1S/C14H17ClN2S2/c1-14(2,3)12-7-19-13(17-12)8-18-9-4-5-11(16)10(15)6-9/h4-7H,8,16H2,1-3H3. The Kier molecular flexibility index (Phi) is 4.43. The molecule has 5 heteroatoms. The zero-order valence-electron chi connectivity index (χ0n) is 11.2. The van der Waals surface area contributed by atoms with Gasteiger partial charge >= 0.3 is 0 Å². The topological polar surface area (TPSA) is 38.9 Å². The third-order valence-corrected chi connectivity index (χ3v) is 5.02. The van der Waals surface area contributed by atoms with Crippen molar-refractivity contribution in [2.45, 2.75) is 36.8 Å². The van der Waals surface area contributed by atoms with Gasteiger partial charge in [-0.05, 0) is 18.2 Å². The summed E-state index contributed by atoms with van der Waals surface area (Å²) in [5, 5.41) is 3.90. The minimum atomic E-state index is 0.115. The highest BCUT2D eigenvalue weighted by atomic mass is 35.5. The molecule has 2 nitrogen and oxygen atoms in total. The molecule has 102 valence electrons. The van der Waals surface area contributed by atoms with Gasteiger partial charge in [0.25, 0.3) is 0 Å². The predicted octanol–water partition coefficient (Wildman–Crippen LogP) is 4.97. The normalized spacial score (nSPS) is 11.8. The molecule has 0 aliphatic rings. The molecule has 0 spiro atoms. The molecule has 0 saturated heterocycles. The van der Waals surface area contributed by atoms with Crippen LogP contribution in [0.5, 0.6) is 0 Å². The molecule has 0 amide bonds. The number of thioether (sulfide) groups is 1. The van der Waals surface area contributed by atoms with Crippen molar-refractivity contribution in [1.82, 2.24) is 4.98 Å². The van der Waals surface area contributed by atoms with E-state index < -0.39 is 0 Å². The number of benzene rings is 1. The van der Waals surface area contributed by atoms with Crippen molar-refractivity contribution in [3.8, 4) is 0 Å². The zero-order chi connectivity index (χ0) is 14.0. The minimum Gasteiger partial charge on any atom is -0.398 e. The molecular formula is C14H17ClN2S2. The maximum atomic E-state index is 6.01. The summed E-state index contributed by atoms with van der Waals surface area (Å²) in [6.45, 7) is 6.54. The van der Waals surface area contributed by atoms with Gasteiger partial charge in [-0.25, -0.2) is 4.98 Å². The van der Waals surface area contributed by atoms with Crippen LogP contribution in [0.3, 0.4) is 0 Å². The molecular weight excluding hydrogens is 296 g/mol.